The quantitative estimate of drug-likeness (QED) is 0.913. The summed E-state index contributed by atoms with van der Waals surface area (Å²) in [6, 6.07) is 10.8. The number of aryl methyl sites for hydroxylation is 1. The molecule has 4 rings (SSSR count). The van der Waals surface area contributed by atoms with Gasteiger partial charge in [0, 0.05) is 37.7 Å². The second kappa shape index (κ2) is 5.64. The van der Waals surface area contributed by atoms with Crippen molar-refractivity contribution < 1.29 is 0 Å². The molecular weight excluding hydrogens is 258 g/mol. The molecule has 0 radical (unpaired) electrons. The Hall–Kier alpha value is -1.61. The molecule has 0 unspecified atom stereocenters. The first-order chi connectivity index (χ1) is 10.4. The molecule has 3 nitrogen and oxygen atoms in total. The van der Waals surface area contributed by atoms with Crippen molar-refractivity contribution in [3.63, 3.8) is 0 Å². The molecule has 1 aromatic carbocycles. The largest absolute Gasteiger partial charge is 0.331 e. The minimum Gasteiger partial charge on any atom is -0.331 e. The highest BCUT2D eigenvalue weighted by Gasteiger charge is 2.31. The molecule has 21 heavy (non-hydrogen) atoms. The Morgan fingerprint density at radius 1 is 1.19 bits per heavy atom. The number of aromatic nitrogens is 2. The van der Waals surface area contributed by atoms with Crippen LogP contribution in [0.1, 0.15) is 48.0 Å². The third-order valence-corrected chi connectivity index (χ3v) is 4.65. The fourth-order valence-corrected chi connectivity index (χ4v) is 3.38. The molecular formula is C18H23N3. The van der Waals surface area contributed by atoms with Crippen molar-refractivity contribution in [3.05, 3.63) is 53.1 Å². The van der Waals surface area contributed by atoms with Gasteiger partial charge in [0.05, 0.1) is 5.69 Å². The molecule has 0 saturated heterocycles. The Morgan fingerprint density at radius 3 is 2.86 bits per heavy atom. The second-order valence-electron chi connectivity index (χ2n) is 6.31. The Morgan fingerprint density at radius 2 is 2.05 bits per heavy atom. The van der Waals surface area contributed by atoms with Crippen molar-refractivity contribution in [2.45, 2.75) is 51.1 Å². The third kappa shape index (κ3) is 2.75. The summed E-state index contributed by atoms with van der Waals surface area (Å²) in [5.74, 6) is 2.11. The third-order valence-electron chi connectivity index (χ3n) is 4.65. The predicted octanol–water partition coefficient (Wildman–Crippen LogP) is 3.04. The maximum absolute atomic E-state index is 4.94. The van der Waals surface area contributed by atoms with Gasteiger partial charge in [-0.25, -0.2) is 4.98 Å². The van der Waals surface area contributed by atoms with Gasteiger partial charge in [-0.2, -0.15) is 0 Å². The summed E-state index contributed by atoms with van der Waals surface area (Å²) >= 11 is 0. The van der Waals surface area contributed by atoms with Crippen molar-refractivity contribution >= 4 is 0 Å². The number of hydrogen-bond acceptors (Lipinski definition) is 2. The topological polar surface area (TPSA) is 29.9 Å². The van der Waals surface area contributed by atoms with E-state index in [4.69, 9.17) is 4.98 Å². The van der Waals surface area contributed by atoms with Crippen LogP contribution in [0.25, 0.3) is 0 Å². The maximum atomic E-state index is 4.94. The number of imidazole rings is 1. The zero-order valence-electron chi connectivity index (χ0n) is 12.5. The van der Waals surface area contributed by atoms with Crippen molar-refractivity contribution in [3.8, 4) is 0 Å². The minimum atomic E-state index is 0.743. The summed E-state index contributed by atoms with van der Waals surface area (Å²) in [4.78, 5) is 4.94. The molecule has 0 bridgehead atoms. The van der Waals surface area contributed by atoms with Gasteiger partial charge < -0.3 is 9.88 Å². The number of nitrogens with zero attached hydrogens (tertiary/aromatic N) is 2. The van der Waals surface area contributed by atoms with E-state index >= 15 is 0 Å². The smallest absolute Gasteiger partial charge is 0.112 e. The summed E-state index contributed by atoms with van der Waals surface area (Å²) in [6.07, 6.45) is 6.18. The number of nitrogens with one attached hydrogen (secondary N) is 1. The number of fused-ring (bicyclic) bond motifs is 1. The van der Waals surface area contributed by atoms with Crippen molar-refractivity contribution in [1.29, 1.82) is 0 Å². The highest BCUT2D eigenvalue weighted by Crippen LogP contribution is 2.40. The van der Waals surface area contributed by atoms with Crippen LogP contribution >= 0.6 is 0 Å². The van der Waals surface area contributed by atoms with Gasteiger partial charge in [0.25, 0.3) is 0 Å². The predicted molar refractivity (Wildman–Crippen MR) is 84.4 cm³/mol. The summed E-state index contributed by atoms with van der Waals surface area (Å²) in [6.45, 7) is 3.19. The number of benzene rings is 1. The monoisotopic (exact) mass is 281 g/mol. The summed E-state index contributed by atoms with van der Waals surface area (Å²) in [5.41, 5.74) is 4.26. The van der Waals surface area contributed by atoms with E-state index in [1.165, 1.54) is 42.0 Å². The van der Waals surface area contributed by atoms with E-state index in [1.807, 2.05) is 0 Å². The van der Waals surface area contributed by atoms with E-state index in [-0.39, 0.29) is 0 Å². The lowest BCUT2D eigenvalue weighted by molar-refractivity contribution is 0.559. The van der Waals surface area contributed by atoms with Gasteiger partial charge in [0.2, 0.25) is 0 Å². The molecule has 0 spiro atoms. The highest BCUT2D eigenvalue weighted by atomic mass is 15.1. The fourth-order valence-electron chi connectivity index (χ4n) is 3.38. The van der Waals surface area contributed by atoms with Crippen LogP contribution in [0.15, 0.2) is 30.3 Å². The average Bonchev–Trinajstić information content (AvgIpc) is 3.31. The van der Waals surface area contributed by atoms with Crippen LogP contribution in [0.2, 0.25) is 0 Å². The van der Waals surface area contributed by atoms with E-state index in [0.29, 0.717) is 0 Å². The lowest BCUT2D eigenvalue weighted by Gasteiger charge is -2.16. The van der Waals surface area contributed by atoms with E-state index in [0.717, 1.165) is 38.4 Å². The van der Waals surface area contributed by atoms with Gasteiger partial charge in [-0.05, 0) is 31.2 Å². The van der Waals surface area contributed by atoms with Gasteiger partial charge >= 0.3 is 0 Å². The van der Waals surface area contributed by atoms with Gasteiger partial charge in [0.1, 0.15) is 5.82 Å². The molecule has 0 atom stereocenters. The molecule has 1 saturated carbocycles. The van der Waals surface area contributed by atoms with Crippen LogP contribution < -0.4 is 5.32 Å². The molecule has 2 aromatic rings. The van der Waals surface area contributed by atoms with Gasteiger partial charge in [-0.1, -0.05) is 30.3 Å². The van der Waals surface area contributed by atoms with Crippen molar-refractivity contribution in [1.82, 2.24) is 14.9 Å². The zero-order chi connectivity index (χ0) is 14.1. The molecule has 3 heteroatoms. The van der Waals surface area contributed by atoms with E-state index in [1.54, 1.807) is 0 Å². The standard InChI is InChI=1S/C18H23N3/c1-2-5-14(6-3-1)7-4-12-21-17-10-11-19-13-16(17)20-18(21)15-8-9-15/h1-3,5-6,15,19H,4,7-13H2. The maximum Gasteiger partial charge on any atom is 0.112 e. The van der Waals surface area contributed by atoms with E-state index in [2.05, 4.69) is 40.2 Å². The van der Waals surface area contributed by atoms with E-state index < -0.39 is 0 Å². The Kier molecular flexibility index (Phi) is 3.52. The second-order valence-corrected chi connectivity index (χ2v) is 6.31. The number of rotatable bonds is 5. The lowest BCUT2D eigenvalue weighted by atomic mass is 10.1. The molecule has 2 heterocycles. The zero-order valence-corrected chi connectivity index (χ0v) is 12.5. The molecule has 2 aliphatic rings. The molecule has 110 valence electrons. The first kappa shape index (κ1) is 13.1. The summed E-state index contributed by atoms with van der Waals surface area (Å²) < 4.78 is 2.55. The molecule has 0 amide bonds. The molecule has 1 aliphatic carbocycles. The first-order valence-electron chi connectivity index (χ1n) is 8.24. The SMILES string of the molecule is c1ccc(CCCn2c(C3CC3)nc3c2CCNC3)cc1. The van der Waals surface area contributed by atoms with E-state index in [9.17, 15) is 0 Å². The fraction of sp³-hybridized carbons (Fsp3) is 0.500. The Labute approximate surface area is 126 Å². The van der Waals surface area contributed by atoms with Crippen LogP contribution in [0.3, 0.4) is 0 Å². The summed E-state index contributed by atoms with van der Waals surface area (Å²) in [5, 5.41) is 3.45. The van der Waals surface area contributed by atoms with Crippen LogP contribution in [-0.4, -0.2) is 16.1 Å². The van der Waals surface area contributed by atoms with Crippen LogP contribution in [-0.2, 0) is 25.9 Å². The van der Waals surface area contributed by atoms with Crippen molar-refractivity contribution in [2.24, 2.45) is 0 Å². The normalized spacial score (nSPS) is 17.7. The van der Waals surface area contributed by atoms with Crippen molar-refractivity contribution in [2.75, 3.05) is 6.54 Å². The van der Waals surface area contributed by atoms with Gasteiger partial charge in [0.15, 0.2) is 0 Å². The van der Waals surface area contributed by atoms with Crippen LogP contribution in [0.4, 0.5) is 0 Å². The number of hydrogen-bond donors (Lipinski definition) is 1. The van der Waals surface area contributed by atoms with Crippen LogP contribution in [0.5, 0.6) is 0 Å². The van der Waals surface area contributed by atoms with Gasteiger partial charge in [-0.3, -0.25) is 0 Å². The van der Waals surface area contributed by atoms with Crippen LogP contribution in [0, 0.1) is 0 Å². The van der Waals surface area contributed by atoms with Gasteiger partial charge in [-0.15, -0.1) is 0 Å². The Balaban J connectivity index is 1.50. The molecule has 1 N–H and O–H groups in total. The lowest BCUT2D eigenvalue weighted by Crippen LogP contribution is -2.25. The minimum absolute atomic E-state index is 0.743. The molecule has 1 aromatic heterocycles. The molecule has 1 aliphatic heterocycles. The first-order valence-corrected chi connectivity index (χ1v) is 8.24. The summed E-state index contributed by atoms with van der Waals surface area (Å²) in [7, 11) is 0. The molecule has 1 fully saturated rings. The average molecular weight is 281 g/mol. The highest BCUT2D eigenvalue weighted by molar-refractivity contribution is 5.24. The Bertz CT molecular complexity index is 611.